The maximum Gasteiger partial charge on any atom is 0.163 e. The third kappa shape index (κ3) is 4.23. The minimum Gasteiger partial charge on any atom is -0.364 e. The van der Waals surface area contributed by atoms with Crippen LogP contribution in [0.4, 0.5) is 10.2 Å². The summed E-state index contributed by atoms with van der Waals surface area (Å²) in [5, 5.41) is 6.97. The molecule has 0 amide bonds. The van der Waals surface area contributed by atoms with Crippen LogP contribution in [0.15, 0.2) is 54.9 Å². The van der Waals surface area contributed by atoms with Crippen molar-refractivity contribution in [2.24, 2.45) is 0 Å². The number of alkyl halides is 1. The minimum absolute atomic E-state index is 0.277. The van der Waals surface area contributed by atoms with Crippen LogP contribution in [0, 0.1) is 0 Å². The van der Waals surface area contributed by atoms with Crippen LogP contribution in [0.2, 0.25) is 5.02 Å². The molecule has 138 valence electrons. The molecule has 3 heterocycles. The van der Waals surface area contributed by atoms with Crippen molar-refractivity contribution in [3.05, 3.63) is 59.9 Å². The predicted octanol–water partition coefficient (Wildman–Crippen LogP) is 3.97. The number of rotatable bonds is 4. The van der Waals surface area contributed by atoms with E-state index in [0.29, 0.717) is 29.6 Å². The smallest absolute Gasteiger partial charge is 0.163 e. The maximum absolute atomic E-state index is 14.2. The summed E-state index contributed by atoms with van der Waals surface area (Å²) < 4.78 is 14.2. The average Bonchev–Trinajstić information content (AvgIpc) is 2.71. The van der Waals surface area contributed by atoms with Crippen molar-refractivity contribution < 1.29 is 4.39 Å². The third-order valence-electron chi connectivity index (χ3n) is 4.53. The Morgan fingerprint density at radius 2 is 1.96 bits per heavy atom. The summed E-state index contributed by atoms with van der Waals surface area (Å²) in [7, 11) is 0. The number of benzene rings is 1. The second kappa shape index (κ2) is 7.98. The summed E-state index contributed by atoms with van der Waals surface area (Å²) in [5.74, 6) is 1.14. The van der Waals surface area contributed by atoms with Gasteiger partial charge >= 0.3 is 0 Å². The monoisotopic (exact) mass is 383 g/mol. The molecule has 1 aliphatic rings. The molecular weight excluding hydrogens is 365 g/mol. The first kappa shape index (κ1) is 17.8. The first-order valence-electron chi connectivity index (χ1n) is 8.86. The van der Waals surface area contributed by atoms with Crippen LogP contribution in [0.3, 0.4) is 0 Å². The van der Waals surface area contributed by atoms with E-state index in [1.807, 2.05) is 42.5 Å². The lowest BCUT2D eigenvalue weighted by atomic mass is 10.0. The second-order valence-electron chi connectivity index (χ2n) is 6.47. The summed E-state index contributed by atoms with van der Waals surface area (Å²) in [6.45, 7) is 1.13. The molecule has 0 bridgehead atoms. The third-order valence-corrected chi connectivity index (χ3v) is 4.78. The van der Waals surface area contributed by atoms with E-state index in [0.717, 1.165) is 23.4 Å². The fraction of sp³-hybridized carbons (Fsp3) is 0.250. The lowest BCUT2D eigenvalue weighted by Crippen LogP contribution is -2.45. The van der Waals surface area contributed by atoms with Crippen molar-refractivity contribution in [1.29, 1.82) is 0 Å². The molecule has 27 heavy (non-hydrogen) atoms. The van der Waals surface area contributed by atoms with Crippen molar-refractivity contribution >= 4 is 17.4 Å². The molecule has 1 fully saturated rings. The van der Waals surface area contributed by atoms with E-state index in [1.54, 1.807) is 12.4 Å². The Morgan fingerprint density at radius 1 is 1.11 bits per heavy atom. The molecular formula is C20H19ClFN5. The Hall–Kier alpha value is -2.57. The van der Waals surface area contributed by atoms with Gasteiger partial charge in [0.1, 0.15) is 12.0 Å². The molecule has 2 N–H and O–H groups in total. The highest BCUT2D eigenvalue weighted by Crippen LogP contribution is 2.26. The lowest BCUT2D eigenvalue weighted by molar-refractivity contribution is 0.244. The topological polar surface area (TPSA) is 62.7 Å². The number of anilines is 1. The van der Waals surface area contributed by atoms with Crippen LogP contribution < -0.4 is 10.6 Å². The zero-order valence-electron chi connectivity index (χ0n) is 14.6. The number of pyridine rings is 1. The first-order chi connectivity index (χ1) is 13.2. The van der Waals surface area contributed by atoms with Gasteiger partial charge in [-0.05, 0) is 37.2 Å². The molecule has 4 rings (SSSR count). The molecule has 5 nitrogen and oxygen atoms in total. The number of aromatic nitrogens is 3. The van der Waals surface area contributed by atoms with Crippen LogP contribution in [0.5, 0.6) is 0 Å². The largest absolute Gasteiger partial charge is 0.364 e. The predicted molar refractivity (Wildman–Crippen MR) is 106 cm³/mol. The molecule has 3 aromatic rings. The molecule has 2 atom stereocenters. The van der Waals surface area contributed by atoms with Crippen molar-refractivity contribution in [2.45, 2.75) is 18.6 Å². The quantitative estimate of drug-likeness (QED) is 0.713. The van der Waals surface area contributed by atoms with Crippen LogP contribution in [-0.2, 0) is 0 Å². The Labute approximate surface area is 162 Å². The van der Waals surface area contributed by atoms with Gasteiger partial charge in [0.15, 0.2) is 5.82 Å². The maximum atomic E-state index is 14.2. The van der Waals surface area contributed by atoms with Gasteiger partial charge in [0.2, 0.25) is 0 Å². The molecule has 0 radical (unpaired) electrons. The molecule has 0 saturated carbocycles. The van der Waals surface area contributed by atoms with Crippen molar-refractivity contribution in [3.63, 3.8) is 0 Å². The fourth-order valence-electron chi connectivity index (χ4n) is 3.09. The number of hydrogen-bond acceptors (Lipinski definition) is 5. The summed E-state index contributed by atoms with van der Waals surface area (Å²) in [5.41, 5.74) is 2.46. The van der Waals surface area contributed by atoms with Crippen LogP contribution in [-0.4, -0.2) is 40.3 Å². The van der Waals surface area contributed by atoms with Gasteiger partial charge < -0.3 is 10.6 Å². The molecule has 1 aromatic carbocycles. The fourth-order valence-corrected chi connectivity index (χ4v) is 3.21. The van der Waals surface area contributed by atoms with E-state index < -0.39 is 6.17 Å². The Balaban J connectivity index is 1.73. The van der Waals surface area contributed by atoms with Gasteiger partial charge in [-0.15, -0.1) is 0 Å². The van der Waals surface area contributed by atoms with E-state index in [2.05, 4.69) is 25.6 Å². The van der Waals surface area contributed by atoms with Gasteiger partial charge in [-0.1, -0.05) is 23.7 Å². The SMILES string of the molecule is F[C@@H]1CNCC[C@H]1Nc1cc(-c2ccc(Cl)cc2)nc(-c2cccnc2)n1. The lowest BCUT2D eigenvalue weighted by Gasteiger charge is -2.28. The number of nitrogens with one attached hydrogen (secondary N) is 2. The minimum atomic E-state index is -0.963. The number of hydrogen-bond donors (Lipinski definition) is 2. The second-order valence-corrected chi connectivity index (χ2v) is 6.91. The molecule has 0 unspecified atom stereocenters. The van der Waals surface area contributed by atoms with E-state index in [1.165, 1.54) is 0 Å². The summed E-state index contributed by atoms with van der Waals surface area (Å²) in [6.07, 6.45) is 3.15. The Kier molecular flexibility index (Phi) is 5.27. The van der Waals surface area contributed by atoms with Crippen LogP contribution in [0.25, 0.3) is 22.6 Å². The highest BCUT2D eigenvalue weighted by Gasteiger charge is 2.25. The zero-order valence-corrected chi connectivity index (χ0v) is 15.3. The van der Waals surface area contributed by atoms with E-state index >= 15 is 0 Å². The van der Waals surface area contributed by atoms with Gasteiger partial charge in [0.25, 0.3) is 0 Å². The summed E-state index contributed by atoms with van der Waals surface area (Å²) in [6, 6.07) is 12.8. The Morgan fingerprint density at radius 3 is 2.70 bits per heavy atom. The van der Waals surface area contributed by atoms with E-state index in [-0.39, 0.29) is 6.04 Å². The molecule has 1 aliphatic heterocycles. The van der Waals surface area contributed by atoms with Crippen LogP contribution in [0.1, 0.15) is 6.42 Å². The van der Waals surface area contributed by atoms with Crippen molar-refractivity contribution in [2.75, 3.05) is 18.4 Å². The zero-order chi connectivity index (χ0) is 18.6. The van der Waals surface area contributed by atoms with Gasteiger partial charge in [0, 0.05) is 41.2 Å². The summed E-state index contributed by atoms with van der Waals surface area (Å²) in [4.78, 5) is 13.4. The average molecular weight is 384 g/mol. The Bertz CT molecular complexity index is 904. The summed E-state index contributed by atoms with van der Waals surface area (Å²) >= 11 is 6.00. The number of halogens is 2. The van der Waals surface area contributed by atoms with Gasteiger partial charge in [0.05, 0.1) is 11.7 Å². The highest BCUT2D eigenvalue weighted by molar-refractivity contribution is 6.30. The molecule has 0 spiro atoms. The van der Waals surface area contributed by atoms with Gasteiger partial charge in [-0.3, -0.25) is 4.98 Å². The highest BCUT2D eigenvalue weighted by atomic mass is 35.5. The van der Waals surface area contributed by atoms with Crippen molar-refractivity contribution in [3.8, 4) is 22.6 Å². The molecule has 0 aliphatic carbocycles. The van der Waals surface area contributed by atoms with Crippen LogP contribution >= 0.6 is 11.6 Å². The van der Waals surface area contributed by atoms with Gasteiger partial charge in [-0.25, -0.2) is 14.4 Å². The van der Waals surface area contributed by atoms with E-state index in [9.17, 15) is 4.39 Å². The normalized spacial score (nSPS) is 19.6. The molecule has 7 heteroatoms. The number of nitrogens with zero attached hydrogens (tertiary/aromatic N) is 3. The molecule has 2 aromatic heterocycles. The van der Waals surface area contributed by atoms with E-state index in [4.69, 9.17) is 11.6 Å². The standard InChI is InChI=1S/C20H19ClFN5/c21-15-5-3-13(4-6-15)18-10-19(25-17-7-9-24-12-16(17)22)27-20(26-18)14-2-1-8-23-11-14/h1-6,8,10-11,16-17,24H,7,9,12H2,(H,25,26,27)/t16-,17-/m1/s1. The molecule has 1 saturated heterocycles. The first-order valence-corrected chi connectivity index (χ1v) is 9.23. The number of piperidine rings is 1. The van der Waals surface area contributed by atoms with Crippen molar-refractivity contribution in [1.82, 2.24) is 20.3 Å². The van der Waals surface area contributed by atoms with Gasteiger partial charge in [-0.2, -0.15) is 0 Å².